The highest BCUT2D eigenvalue weighted by Gasteiger charge is 2.40. The van der Waals surface area contributed by atoms with E-state index in [1.165, 1.54) is 64.2 Å². The van der Waals surface area contributed by atoms with Crippen molar-refractivity contribution in [1.82, 2.24) is 0 Å². The van der Waals surface area contributed by atoms with Crippen molar-refractivity contribution in [3.05, 3.63) is 5.53 Å². The molecule has 8 heteroatoms. The fourth-order valence-electron chi connectivity index (χ4n) is 4.05. The second kappa shape index (κ2) is 20.6. The first kappa shape index (κ1) is 32.3. The molecule has 0 aromatic rings. The minimum atomic E-state index is -4.09. The number of hydrogen-bond acceptors (Lipinski definition) is 4. The third kappa shape index (κ3) is 17.4. The van der Waals surface area contributed by atoms with Crippen molar-refractivity contribution >= 4 is 24.1 Å². The first-order chi connectivity index (χ1) is 15.8. The highest BCUT2D eigenvalue weighted by Crippen LogP contribution is 2.14. The van der Waals surface area contributed by atoms with Crippen LogP contribution in [0, 0.1) is 0 Å². The largest absolute Gasteiger partial charge is 0.495 e. The van der Waals surface area contributed by atoms with E-state index in [-0.39, 0.29) is 11.5 Å². The molecule has 0 aromatic heterocycles. The first-order valence-corrected chi connectivity index (χ1v) is 16.8. The molecule has 0 radical (unpaired) electrons. The molecule has 0 atom stereocenters. The van der Waals surface area contributed by atoms with Gasteiger partial charge in [0.25, 0.3) is 19.7 Å². The van der Waals surface area contributed by atoms with Gasteiger partial charge in [0.15, 0.2) is 0 Å². The molecule has 6 nitrogen and oxygen atoms in total. The van der Waals surface area contributed by atoms with Crippen molar-refractivity contribution in [2.45, 2.75) is 142 Å². The quantitative estimate of drug-likeness (QED) is 0.0507. The number of hydrogen-bond donors (Lipinski definition) is 0. The zero-order chi connectivity index (χ0) is 24.8. The Labute approximate surface area is 204 Å². The van der Waals surface area contributed by atoms with Gasteiger partial charge in [-0.05, 0) is 12.8 Å². The van der Waals surface area contributed by atoms with E-state index in [4.69, 9.17) is 5.53 Å². The van der Waals surface area contributed by atoms with Gasteiger partial charge in [0.05, 0.1) is 11.5 Å². The molecule has 0 aliphatic rings. The fraction of sp³-hybridized carbons (Fsp3) is 0.960. The van der Waals surface area contributed by atoms with Gasteiger partial charge in [0, 0.05) is 0 Å². The van der Waals surface area contributed by atoms with E-state index in [1.54, 1.807) is 0 Å². The lowest BCUT2D eigenvalue weighted by Gasteiger charge is -2.04. The monoisotopic (exact) mass is 506 g/mol. The van der Waals surface area contributed by atoms with Crippen LogP contribution in [0.5, 0.6) is 0 Å². The molecule has 0 heterocycles. The Morgan fingerprint density at radius 1 is 0.485 bits per heavy atom. The first-order valence-electron chi connectivity index (χ1n) is 13.5. The van der Waals surface area contributed by atoms with E-state index in [1.807, 2.05) is 0 Å². The Kier molecular flexibility index (Phi) is 20.2. The smallest absolute Gasteiger partial charge is 0.359 e. The maximum Gasteiger partial charge on any atom is 0.495 e. The van der Waals surface area contributed by atoms with Gasteiger partial charge in [0.1, 0.15) is 0 Å². The van der Waals surface area contributed by atoms with E-state index >= 15 is 0 Å². The highest BCUT2D eigenvalue weighted by atomic mass is 32.3. The summed E-state index contributed by atoms with van der Waals surface area (Å²) in [7, 11) is -8.18. The predicted octanol–water partition coefficient (Wildman–Crippen LogP) is 7.24. The number of unbranched alkanes of at least 4 members (excludes halogenated alkanes) is 18. The third-order valence-electron chi connectivity index (χ3n) is 6.15. The molecule has 0 spiro atoms. The molecular weight excluding hydrogens is 456 g/mol. The molecular formula is C25H50N2O4S2. The molecule has 0 unspecified atom stereocenters. The molecule has 0 aliphatic carbocycles. The van der Waals surface area contributed by atoms with E-state index in [0.29, 0.717) is 12.8 Å². The molecule has 33 heavy (non-hydrogen) atoms. The summed E-state index contributed by atoms with van der Waals surface area (Å²) < 4.78 is 48.8. The Bertz CT molecular complexity index is 672. The summed E-state index contributed by atoms with van der Waals surface area (Å²) in [5.74, 6) is -0.555. The van der Waals surface area contributed by atoms with Crippen LogP contribution in [-0.4, -0.2) is 37.5 Å². The van der Waals surface area contributed by atoms with Crippen LogP contribution >= 0.6 is 0 Å². The van der Waals surface area contributed by atoms with Gasteiger partial charge in [-0.25, -0.2) is 16.8 Å². The molecule has 0 bridgehead atoms. The minimum Gasteiger partial charge on any atom is -0.359 e. The van der Waals surface area contributed by atoms with Crippen LogP contribution in [0.1, 0.15) is 142 Å². The summed E-state index contributed by atoms with van der Waals surface area (Å²) in [6, 6.07) is 0. The van der Waals surface area contributed by atoms with Crippen molar-refractivity contribution in [3.63, 3.8) is 0 Å². The lowest BCUT2D eigenvalue weighted by Crippen LogP contribution is -2.30. The van der Waals surface area contributed by atoms with Crippen LogP contribution in [0.3, 0.4) is 0 Å². The third-order valence-corrected chi connectivity index (χ3v) is 10.6. The molecule has 0 N–H and O–H groups in total. The summed E-state index contributed by atoms with van der Waals surface area (Å²) in [5.41, 5.74) is 9.15. The molecule has 0 amide bonds. The Morgan fingerprint density at radius 2 is 0.727 bits per heavy atom. The van der Waals surface area contributed by atoms with Crippen LogP contribution in [0.15, 0.2) is 0 Å². The van der Waals surface area contributed by atoms with E-state index in [9.17, 15) is 16.8 Å². The molecule has 0 saturated heterocycles. The molecule has 0 rings (SSSR count). The van der Waals surface area contributed by atoms with Gasteiger partial charge in [-0.1, -0.05) is 129 Å². The maximum absolute atomic E-state index is 12.5. The maximum atomic E-state index is 12.5. The second-order valence-corrected chi connectivity index (χ2v) is 13.7. The molecule has 196 valence electrons. The van der Waals surface area contributed by atoms with E-state index in [0.717, 1.165) is 51.4 Å². The molecule has 0 fully saturated rings. The minimum absolute atomic E-state index is 0.278. The standard InChI is InChI=1S/C25H50N2O4S2/c1-3-5-7-9-11-13-15-17-19-21-23-32(28,29)25(27-26)33(30,31)24-22-20-18-16-14-12-10-8-6-4-2/h3-24H2,1-2H3. The van der Waals surface area contributed by atoms with Gasteiger partial charge >= 0.3 is 4.38 Å². The van der Waals surface area contributed by atoms with Crippen LogP contribution in [0.2, 0.25) is 0 Å². The molecule has 0 aliphatic heterocycles. The normalized spacial score (nSPS) is 12.1. The average molecular weight is 507 g/mol. The van der Waals surface area contributed by atoms with E-state index < -0.39 is 24.1 Å². The van der Waals surface area contributed by atoms with Crippen molar-refractivity contribution in [3.8, 4) is 0 Å². The molecule has 0 aromatic carbocycles. The van der Waals surface area contributed by atoms with Crippen LogP contribution in [-0.2, 0) is 19.7 Å². The van der Waals surface area contributed by atoms with Crippen LogP contribution in [0.4, 0.5) is 0 Å². The van der Waals surface area contributed by atoms with Crippen LogP contribution < -0.4 is 0 Å². The number of nitrogens with zero attached hydrogens (tertiary/aromatic N) is 2. The van der Waals surface area contributed by atoms with Crippen molar-refractivity contribution in [1.29, 1.82) is 0 Å². The van der Waals surface area contributed by atoms with Crippen molar-refractivity contribution < 1.29 is 21.6 Å². The lowest BCUT2D eigenvalue weighted by molar-refractivity contribution is 0.00380. The second-order valence-electron chi connectivity index (χ2n) is 9.37. The summed E-state index contributed by atoms with van der Waals surface area (Å²) in [4.78, 5) is 2.70. The summed E-state index contributed by atoms with van der Waals surface area (Å²) in [6.07, 6.45) is 21.2. The number of sulfone groups is 2. The summed E-state index contributed by atoms with van der Waals surface area (Å²) in [5, 5.41) is 0. The zero-order valence-corrected chi connectivity index (χ0v) is 23.0. The van der Waals surface area contributed by atoms with Gasteiger partial charge < -0.3 is 5.53 Å². The van der Waals surface area contributed by atoms with Crippen molar-refractivity contribution in [2.24, 2.45) is 0 Å². The Hall–Kier alpha value is -0.720. The zero-order valence-electron chi connectivity index (χ0n) is 21.4. The average Bonchev–Trinajstić information content (AvgIpc) is 2.76. The molecule has 0 saturated carbocycles. The van der Waals surface area contributed by atoms with Gasteiger partial charge in [-0.2, -0.15) is 0 Å². The topological polar surface area (TPSA) is 105 Å². The fourth-order valence-corrected chi connectivity index (χ4v) is 7.87. The Morgan fingerprint density at radius 3 is 0.970 bits per heavy atom. The van der Waals surface area contributed by atoms with Gasteiger partial charge in [0.2, 0.25) is 0 Å². The number of rotatable bonds is 22. The van der Waals surface area contributed by atoms with E-state index in [2.05, 4.69) is 18.6 Å². The SMILES string of the molecule is CCCCCCCCCCCCS(=O)(=O)C(=[N+]=[N-])S(=O)(=O)CCCCCCCCCCCC. The Balaban J connectivity index is 4.11. The lowest BCUT2D eigenvalue weighted by atomic mass is 10.1. The predicted molar refractivity (Wildman–Crippen MR) is 140 cm³/mol. The van der Waals surface area contributed by atoms with Gasteiger partial charge in [-0.3, -0.25) is 0 Å². The highest BCUT2D eigenvalue weighted by molar-refractivity contribution is 8.31. The summed E-state index contributed by atoms with van der Waals surface area (Å²) >= 11 is 0. The van der Waals surface area contributed by atoms with Crippen LogP contribution in [0.25, 0.3) is 5.53 Å². The van der Waals surface area contributed by atoms with Gasteiger partial charge in [-0.15, -0.1) is 4.79 Å². The summed E-state index contributed by atoms with van der Waals surface area (Å²) in [6.45, 7) is 4.40. The van der Waals surface area contributed by atoms with Crippen molar-refractivity contribution in [2.75, 3.05) is 11.5 Å².